The second-order valence-corrected chi connectivity index (χ2v) is 4.69. The number of nitrogens with one attached hydrogen (secondary N) is 1. The molecule has 0 aliphatic rings. The fraction of sp³-hybridized carbons (Fsp3) is 0.0714. The Bertz CT molecular complexity index is 652. The smallest absolute Gasteiger partial charge is 0.142 e. The van der Waals surface area contributed by atoms with E-state index in [2.05, 4.69) is 21.2 Å². The minimum absolute atomic E-state index is 0.238. The van der Waals surface area contributed by atoms with Crippen LogP contribution in [0.4, 0.5) is 15.8 Å². The van der Waals surface area contributed by atoms with Gasteiger partial charge in [-0.05, 0) is 36.4 Å². The second-order valence-electron chi connectivity index (χ2n) is 3.77. The first kappa shape index (κ1) is 13.4. The third kappa shape index (κ3) is 3.04. The maximum atomic E-state index is 13.1. The number of ether oxygens (including phenoxy) is 1. The summed E-state index contributed by atoms with van der Waals surface area (Å²) in [4.78, 5) is 0. The van der Waals surface area contributed by atoms with Crippen molar-refractivity contribution in [1.29, 1.82) is 5.26 Å². The molecule has 0 amide bonds. The molecule has 0 saturated heterocycles. The molecule has 0 aromatic heterocycles. The van der Waals surface area contributed by atoms with Crippen molar-refractivity contribution in [2.45, 2.75) is 0 Å². The predicted molar refractivity (Wildman–Crippen MR) is 75.1 cm³/mol. The zero-order chi connectivity index (χ0) is 13.8. The van der Waals surface area contributed by atoms with Gasteiger partial charge in [-0.3, -0.25) is 0 Å². The first-order chi connectivity index (χ1) is 9.13. The first-order valence-electron chi connectivity index (χ1n) is 5.44. The Hall–Kier alpha value is -2.06. The van der Waals surface area contributed by atoms with Gasteiger partial charge >= 0.3 is 0 Å². The van der Waals surface area contributed by atoms with Crippen LogP contribution in [-0.4, -0.2) is 7.11 Å². The van der Waals surface area contributed by atoms with Gasteiger partial charge in [0.05, 0.1) is 24.0 Å². The van der Waals surface area contributed by atoms with Crippen LogP contribution in [0.2, 0.25) is 0 Å². The van der Waals surface area contributed by atoms with E-state index in [1.165, 1.54) is 18.2 Å². The van der Waals surface area contributed by atoms with Gasteiger partial charge in [0.2, 0.25) is 0 Å². The SMILES string of the molecule is COc1ccc(Br)cc1Nc1ccc(F)cc1C#N. The Morgan fingerprint density at radius 2 is 2.00 bits per heavy atom. The van der Waals surface area contributed by atoms with Crippen LogP contribution in [0.1, 0.15) is 5.56 Å². The van der Waals surface area contributed by atoms with E-state index in [1.807, 2.05) is 18.2 Å². The van der Waals surface area contributed by atoms with Crippen molar-refractivity contribution >= 4 is 27.3 Å². The van der Waals surface area contributed by atoms with Crippen LogP contribution in [0.5, 0.6) is 5.75 Å². The van der Waals surface area contributed by atoms with Gasteiger partial charge in [-0.15, -0.1) is 0 Å². The first-order valence-corrected chi connectivity index (χ1v) is 6.23. The van der Waals surface area contributed by atoms with Crippen molar-refractivity contribution < 1.29 is 9.13 Å². The summed E-state index contributed by atoms with van der Waals surface area (Å²) in [7, 11) is 1.56. The standard InChI is InChI=1S/C14H10BrFN2O/c1-19-14-5-2-10(15)7-13(14)18-12-4-3-11(16)6-9(12)8-17/h2-7,18H,1H3. The zero-order valence-corrected chi connectivity index (χ0v) is 11.7. The maximum Gasteiger partial charge on any atom is 0.142 e. The quantitative estimate of drug-likeness (QED) is 0.921. The fourth-order valence-electron chi connectivity index (χ4n) is 1.64. The van der Waals surface area contributed by atoms with Gasteiger partial charge < -0.3 is 10.1 Å². The van der Waals surface area contributed by atoms with E-state index in [0.29, 0.717) is 17.1 Å². The molecular formula is C14H10BrFN2O. The van der Waals surface area contributed by atoms with E-state index in [0.717, 1.165) is 4.47 Å². The lowest BCUT2D eigenvalue weighted by atomic mass is 10.1. The number of hydrogen-bond donors (Lipinski definition) is 1. The lowest BCUT2D eigenvalue weighted by molar-refractivity contribution is 0.417. The topological polar surface area (TPSA) is 45.0 Å². The molecule has 0 unspecified atom stereocenters. The number of halogens is 2. The summed E-state index contributed by atoms with van der Waals surface area (Å²) in [5.41, 5.74) is 1.46. The number of rotatable bonds is 3. The average molecular weight is 321 g/mol. The molecule has 0 saturated carbocycles. The summed E-state index contributed by atoms with van der Waals surface area (Å²) in [6.07, 6.45) is 0. The van der Waals surface area contributed by atoms with E-state index in [1.54, 1.807) is 13.2 Å². The molecule has 0 spiro atoms. The Kier molecular flexibility index (Phi) is 4.03. The molecule has 0 fully saturated rings. The van der Waals surface area contributed by atoms with Crippen LogP contribution in [0.15, 0.2) is 40.9 Å². The van der Waals surface area contributed by atoms with Crippen molar-refractivity contribution in [2.24, 2.45) is 0 Å². The molecule has 0 heterocycles. The van der Waals surface area contributed by atoms with Crippen molar-refractivity contribution in [1.82, 2.24) is 0 Å². The minimum atomic E-state index is -0.441. The van der Waals surface area contributed by atoms with Crippen molar-refractivity contribution in [2.75, 3.05) is 12.4 Å². The molecule has 0 radical (unpaired) electrons. The van der Waals surface area contributed by atoms with Crippen LogP contribution in [0, 0.1) is 17.1 Å². The summed E-state index contributed by atoms with van der Waals surface area (Å²) in [6.45, 7) is 0. The molecular weight excluding hydrogens is 311 g/mol. The Labute approximate surface area is 118 Å². The molecule has 0 bridgehead atoms. The summed E-state index contributed by atoms with van der Waals surface area (Å²) in [6, 6.07) is 11.4. The predicted octanol–water partition coefficient (Wildman–Crippen LogP) is 4.21. The monoisotopic (exact) mass is 320 g/mol. The Morgan fingerprint density at radius 3 is 2.68 bits per heavy atom. The van der Waals surface area contributed by atoms with Gasteiger partial charge in [0.25, 0.3) is 0 Å². The number of methoxy groups -OCH3 is 1. The van der Waals surface area contributed by atoms with E-state index in [4.69, 9.17) is 10.00 Å². The normalized spacial score (nSPS) is 9.79. The highest BCUT2D eigenvalue weighted by molar-refractivity contribution is 9.10. The number of benzene rings is 2. The highest BCUT2D eigenvalue weighted by atomic mass is 79.9. The van der Waals surface area contributed by atoms with Gasteiger partial charge in [-0.1, -0.05) is 15.9 Å². The van der Waals surface area contributed by atoms with Crippen molar-refractivity contribution in [3.8, 4) is 11.8 Å². The molecule has 0 aliphatic carbocycles. The molecule has 0 aliphatic heterocycles. The fourth-order valence-corrected chi connectivity index (χ4v) is 2.00. The molecule has 3 nitrogen and oxygen atoms in total. The van der Waals surface area contributed by atoms with Crippen LogP contribution in [-0.2, 0) is 0 Å². The van der Waals surface area contributed by atoms with Gasteiger partial charge in [-0.2, -0.15) is 5.26 Å². The van der Waals surface area contributed by atoms with Crippen molar-refractivity contribution in [3.63, 3.8) is 0 Å². The highest BCUT2D eigenvalue weighted by Crippen LogP contribution is 2.31. The highest BCUT2D eigenvalue weighted by Gasteiger charge is 2.08. The van der Waals surface area contributed by atoms with Gasteiger partial charge in [0.15, 0.2) is 0 Å². The van der Waals surface area contributed by atoms with Crippen LogP contribution in [0.3, 0.4) is 0 Å². The lowest BCUT2D eigenvalue weighted by Gasteiger charge is -2.12. The second kappa shape index (κ2) is 5.72. The Morgan fingerprint density at radius 1 is 1.21 bits per heavy atom. The molecule has 2 aromatic rings. The van der Waals surface area contributed by atoms with Gasteiger partial charge in [0, 0.05) is 4.47 Å². The number of nitriles is 1. The average Bonchev–Trinajstić information content (AvgIpc) is 2.41. The third-order valence-corrected chi connectivity index (χ3v) is 3.03. The largest absolute Gasteiger partial charge is 0.495 e. The molecule has 2 rings (SSSR count). The van der Waals surface area contributed by atoms with E-state index in [9.17, 15) is 4.39 Å². The van der Waals surface area contributed by atoms with Crippen LogP contribution in [0.25, 0.3) is 0 Å². The minimum Gasteiger partial charge on any atom is -0.495 e. The molecule has 2 aromatic carbocycles. The summed E-state index contributed by atoms with van der Waals surface area (Å²) in [5, 5.41) is 12.1. The maximum absolute atomic E-state index is 13.1. The Balaban J connectivity index is 2.41. The molecule has 96 valence electrons. The van der Waals surface area contributed by atoms with Gasteiger partial charge in [-0.25, -0.2) is 4.39 Å². The van der Waals surface area contributed by atoms with Crippen LogP contribution >= 0.6 is 15.9 Å². The number of anilines is 2. The van der Waals surface area contributed by atoms with Crippen molar-refractivity contribution in [3.05, 3.63) is 52.3 Å². The van der Waals surface area contributed by atoms with E-state index < -0.39 is 5.82 Å². The van der Waals surface area contributed by atoms with Gasteiger partial charge in [0.1, 0.15) is 17.6 Å². The number of hydrogen-bond acceptors (Lipinski definition) is 3. The zero-order valence-electron chi connectivity index (χ0n) is 10.1. The molecule has 5 heteroatoms. The third-order valence-electron chi connectivity index (χ3n) is 2.53. The van der Waals surface area contributed by atoms with E-state index in [-0.39, 0.29) is 5.56 Å². The van der Waals surface area contributed by atoms with Crippen LogP contribution < -0.4 is 10.1 Å². The molecule has 19 heavy (non-hydrogen) atoms. The molecule has 0 atom stereocenters. The summed E-state index contributed by atoms with van der Waals surface area (Å²) in [5.74, 6) is 0.194. The van der Waals surface area contributed by atoms with E-state index >= 15 is 0 Å². The lowest BCUT2D eigenvalue weighted by Crippen LogP contribution is -1.97. The molecule has 1 N–H and O–H groups in total. The number of nitrogens with zero attached hydrogens (tertiary/aromatic N) is 1. The summed E-state index contributed by atoms with van der Waals surface area (Å²) >= 11 is 3.37. The summed E-state index contributed by atoms with van der Waals surface area (Å²) < 4.78 is 19.2.